The van der Waals surface area contributed by atoms with Crippen molar-refractivity contribution >= 4 is 31.2 Å². The van der Waals surface area contributed by atoms with E-state index in [4.69, 9.17) is 14.2 Å². The molecule has 3 aromatic heterocycles. The van der Waals surface area contributed by atoms with E-state index in [1.807, 2.05) is 49.7 Å². The van der Waals surface area contributed by atoms with Crippen molar-refractivity contribution < 1.29 is 28.9 Å². The zero-order valence-corrected chi connectivity index (χ0v) is 27.2. The highest BCUT2D eigenvalue weighted by Crippen LogP contribution is 2.38. The maximum Gasteiger partial charge on any atom is 0.410 e. The average Bonchev–Trinajstić information content (AvgIpc) is 3.54. The second-order valence-corrected chi connectivity index (χ2v) is 18.9. The number of nitrogens with zero attached hydrogens (tertiary/aromatic N) is 6. The molecule has 5 rings (SSSR count). The second-order valence-electron chi connectivity index (χ2n) is 13.2. The van der Waals surface area contributed by atoms with Crippen LogP contribution in [0.1, 0.15) is 31.9 Å². The number of hydrogen-bond acceptors (Lipinski definition) is 8. The van der Waals surface area contributed by atoms with Gasteiger partial charge >= 0.3 is 12.1 Å². The van der Waals surface area contributed by atoms with Gasteiger partial charge in [0.15, 0.2) is 0 Å². The van der Waals surface area contributed by atoms with Crippen molar-refractivity contribution in [3.63, 3.8) is 0 Å². The Hall–Kier alpha value is -4.23. The zero-order chi connectivity index (χ0) is 31.6. The summed E-state index contributed by atoms with van der Waals surface area (Å²) in [5, 5.41) is 18.2. The van der Waals surface area contributed by atoms with E-state index in [2.05, 4.69) is 34.9 Å². The Kier molecular flexibility index (Phi) is 8.80. The van der Waals surface area contributed by atoms with Crippen LogP contribution < -0.4 is 4.74 Å². The second kappa shape index (κ2) is 12.4. The van der Waals surface area contributed by atoms with Gasteiger partial charge in [-0.3, -0.25) is 4.79 Å². The maximum atomic E-state index is 12.7. The predicted molar refractivity (Wildman–Crippen MR) is 167 cm³/mol. The molecule has 4 aromatic rings. The molecule has 0 bridgehead atoms. The van der Waals surface area contributed by atoms with Crippen molar-refractivity contribution in [1.29, 1.82) is 0 Å². The number of ether oxygens (including phenoxy) is 3. The molecule has 0 aliphatic carbocycles. The number of carboxylic acid groups (broad SMARTS) is 1. The minimum atomic E-state index is -1.26. The van der Waals surface area contributed by atoms with Gasteiger partial charge in [-0.2, -0.15) is 0 Å². The molecule has 0 fully saturated rings. The van der Waals surface area contributed by atoms with E-state index in [-0.39, 0.29) is 12.6 Å². The Labute approximate surface area is 257 Å². The van der Waals surface area contributed by atoms with Gasteiger partial charge in [-0.05, 0) is 62.6 Å². The number of pyridine rings is 1. The fourth-order valence-electron chi connectivity index (χ4n) is 4.95. The van der Waals surface area contributed by atoms with E-state index in [1.54, 1.807) is 23.4 Å². The number of aromatic nitrogens is 5. The summed E-state index contributed by atoms with van der Waals surface area (Å²) in [6, 6.07) is 8.74. The number of amides is 1. The minimum Gasteiger partial charge on any atom is -0.480 e. The molecule has 1 aromatic carbocycles. The van der Waals surface area contributed by atoms with Gasteiger partial charge in [0.1, 0.15) is 41.7 Å². The lowest BCUT2D eigenvalue weighted by molar-refractivity contribution is -0.137. The van der Waals surface area contributed by atoms with Gasteiger partial charge in [-0.1, -0.05) is 30.9 Å². The summed E-state index contributed by atoms with van der Waals surface area (Å²) >= 11 is 0. The molecule has 234 valence electrons. The lowest BCUT2D eigenvalue weighted by atomic mass is 10.00. The third kappa shape index (κ3) is 7.64. The van der Waals surface area contributed by atoms with Crippen LogP contribution in [0.4, 0.5) is 4.79 Å². The summed E-state index contributed by atoms with van der Waals surface area (Å²) < 4.78 is 21.3. The maximum absolute atomic E-state index is 12.7. The van der Waals surface area contributed by atoms with E-state index in [0.29, 0.717) is 60.2 Å². The first-order chi connectivity index (χ1) is 20.8. The molecule has 0 unspecified atom stereocenters. The third-order valence-corrected chi connectivity index (χ3v) is 8.83. The Morgan fingerprint density at radius 1 is 1.09 bits per heavy atom. The zero-order valence-electron chi connectivity index (χ0n) is 26.2. The highest BCUT2D eigenvalue weighted by atomic mass is 28.3. The standard InChI is InChI=1S/C31H40N6O6Si/c1-31(2,3)43-30(40)35-12-10-21-7-8-23(15-22(21)16-35)42-26-9-11-32-29-28(26)24(25-18-37(34-33-25)19-27(38)39)17-36(29)20-41-13-14-44(4,5)6/h7-9,11,15,17-18H,10,12-14,16,19-20H2,1-6H3,(H,38,39). The summed E-state index contributed by atoms with van der Waals surface area (Å²) in [6.45, 7) is 14.1. The first-order valence-electron chi connectivity index (χ1n) is 14.7. The van der Waals surface area contributed by atoms with E-state index < -0.39 is 19.6 Å². The number of carbonyl (C=O) groups is 2. The number of rotatable bonds is 10. The number of carboxylic acids is 1. The normalized spacial score (nSPS) is 13.6. The van der Waals surface area contributed by atoms with Crippen molar-refractivity contribution in [3.8, 4) is 22.8 Å². The van der Waals surface area contributed by atoms with Crippen molar-refractivity contribution in [2.24, 2.45) is 0 Å². The number of aliphatic carboxylic acids is 1. The molecular formula is C31H40N6O6Si. The molecule has 4 heterocycles. The SMILES string of the molecule is CC(C)(C)OC(=O)N1CCc2ccc(Oc3ccnc4c3c(-c3cn(CC(=O)O)nn3)cn4COCC[Si](C)(C)C)cc2C1. The van der Waals surface area contributed by atoms with Crippen molar-refractivity contribution in [2.75, 3.05) is 13.2 Å². The number of benzene rings is 1. The van der Waals surface area contributed by atoms with Crippen LogP contribution >= 0.6 is 0 Å². The van der Waals surface area contributed by atoms with E-state index in [1.165, 1.54) is 4.68 Å². The number of carbonyl (C=O) groups excluding carboxylic acids is 1. The van der Waals surface area contributed by atoms with Gasteiger partial charge in [-0.15, -0.1) is 5.10 Å². The summed E-state index contributed by atoms with van der Waals surface area (Å²) in [6.07, 6.45) is 5.56. The Morgan fingerprint density at radius 3 is 2.61 bits per heavy atom. The molecule has 13 heteroatoms. The van der Waals surface area contributed by atoms with Crippen LogP contribution in [-0.2, 0) is 40.5 Å². The lowest BCUT2D eigenvalue weighted by Gasteiger charge is -2.31. The third-order valence-electron chi connectivity index (χ3n) is 7.13. The molecule has 0 saturated carbocycles. The van der Waals surface area contributed by atoms with Gasteiger partial charge in [-0.25, -0.2) is 14.5 Å². The van der Waals surface area contributed by atoms with Gasteiger partial charge in [0, 0.05) is 45.7 Å². The fourth-order valence-corrected chi connectivity index (χ4v) is 5.71. The summed E-state index contributed by atoms with van der Waals surface area (Å²) in [4.78, 5) is 30.4. The topological polar surface area (TPSA) is 134 Å². The van der Waals surface area contributed by atoms with Crippen LogP contribution in [0.3, 0.4) is 0 Å². The van der Waals surface area contributed by atoms with Crippen molar-refractivity contribution in [1.82, 2.24) is 29.4 Å². The van der Waals surface area contributed by atoms with E-state index >= 15 is 0 Å². The monoisotopic (exact) mass is 620 g/mol. The van der Waals surface area contributed by atoms with Gasteiger partial charge in [0.2, 0.25) is 0 Å². The number of hydrogen-bond donors (Lipinski definition) is 1. The van der Waals surface area contributed by atoms with Gasteiger partial charge in [0.05, 0.1) is 11.6 Å². The lowest BCUT2D eigenvalue weighted by Crippen LogP contribution is -2.39. The van der Waals surface area contributed by atoms with Crippen LogP contribution in [0.25, 0.3) is 22.3 Å². The molecule has 1 aliphatic heterocycles. The molecule has 0 atom stereocenters. The minimum absolute atomic E-state index is 0.292. The Bertz CT molecular complexity index is 1670. The summed E-state index contributed by atoms with van der Waals surface area (Å²) in [5.74, 6) is 0.156. The Morgan fingerprint density at radius 2 is 1.89 bits per heavy atom. The molecule has 12 nitrogen and oxygen atoms in total. The predicted octanol–water partition coefficient (Wildman–Crippen LogP) is 5.78. The van der Waals surface area contributed by atoms with Crippen LogP contribution in [0, 0.1) is 0 Å². The highest BCUT2D eigenvalue weighted by molar-refractivity contribution is 6.76. The van der Waals surface area contributed by atoms with E-state index in [9.17, 15) is 14.7 Å². The van der Waals surface area contributed by atoms with Crippen LogP contribution in [0.15, 0.2) is 42.9 Å². The molecule has 0 radical (unpaired) electrons. The van der Waals surface area contributed by atoms with Crippen molar-refractivity contribution in [2.45, 2.75) is 78.3 Å². The molecule has 1 aliphatic rings. The van der Waals surface area contributed by atoms with Crippen LogP contribution in [-0.4, -0.2) is 73.4 Å². The first-order valence-corrected chi connectivity index (χ1v) is 18.4. The largest absolute Gasteiger partial charge is 0.480 e. The molecule has 1 N–H and O–H groups in total. The Balaban J connectivity index is 1.46. The molecule has 0 saturated heterocycles. The smallest absolute Gasteiger partial charge is 0.410 e. The van der Waals surface area contributed by atoms with E-state index in [0.717, 1.165) is 23.6 Å². The summed E-state index contributed by atoms with van der Waals surface area (Å²) in [7, 11) is -1.26. The molecular weight excluding hydrogens is 580 g/mol. The van der Waals surface area contributed by atoms with Gasteiger partial charge in [0.25, 0.3) is 0 Å². The highest BCUT2D eigenvalue weighted by Gasteiger charge is 2.26. The van der Waals surface area contributed by atoms with Crippen molar-refractivity contribution in [3.05, 3.63) is 54.0 Å². The summed E-state index contributed by atoms with van der Waals surface area (Å²) in [5.41, 5.74) is 3.43. The quantitative estimate of drug-likeness (QED) is 0.173. The fraction of sp³-hybridized carbons (Fsp3) is 0.452. The van der Waals surface area contributed by atoms with Gasteiger partial charge < -0.3 is 28.8 Å². The number of fused-ring (bicyclic) bond motifs is 2. The first kappa shape index (κ1) is 31.2. The average molecular weight is 621 g/mol. The molecule has 1 amide bonds. The molecule has 0 spiro atoms. The van der Waals surface area contributed by atoms with Crippen LogP contribution in [0.5, 0.6) is 11.5 Å². The van der Waals surface area contributed by atoms with Crippen LogP contribution in [0.2, 0.25) is 25.7 Å². The molecule has 44 heavy (non-hydrogen) atoms.